The third-order valence-corrected chi connectivity index (χ3v) is 3.43. The predicted molar refractivity (Wildman–Crippen MR) is 106 cm³/mol. The van der Waals surface area contributed by atoms with E-state index in [1.54, 1.807) is 0 Å². The van der Waals surface area contributed by atoms with Crippen molar-refractivity contribution in [3.05, 3.63) is 82.9 Å². The quantitative estimate of drug-likeness (QED) is 0.528. The molecule has 6 nitrogen and oxygen atoms in total. The van der Waals surface area contributed by atoms with Gasteiger partial charge in [-0.1, -0.05) is 71.8 Å². The van der Waals surface area contributed by atoms with Crippen LogP contribution in [0.1, 0.15) is 22.3 Å². The molecule has 0 unspecified atom stereocenters. The molecule has 7 heteroatoms. The first kappa shape index (κ1) is 25.7. The topological polar surface area (TPSA) is 109 Å². The van der Waals surface area contributed by atoms with E-state index >= 15 is 0 Å². The molecule has 153 valence electrons. The zero-order chi connectivity index (χ0) is 21.1. The van der Waals surface area contributed by atoms with Crippen LogP contribution >= 0.6 is 0 Å². The summed E-state index contributed by atoms with van der Waals surface area (Å²) in [6.07, 6.45) is 5.06. The Labute approximate surface area is 178 Å². The van der Waals surface area contributed by atoms with Crippen molar-refractivity contribution in [2.45, 2.75) is 13.8 Å². The molecule has 0 saturated carbocycles. The summed E-state index contributed by atoms with van der Waals surface area (Å²) in [7, 11) is 0. The number of carboxylic acid groups (broad SMARTS) is 2. The Morgan fingerprint density at radius 1 is 0.621 bits per heavy atom. The van der Waals surface area contributed by atoms with Crippen LogP contribution < -0.4 is 0 Å². The summed E-state index contributed by atoms with van der Waals surface area (Å²) >= 11 is 0. The number of hydrogen-bond acceptors (Lipinski definition) is 4. The summed E-state index contributed by atoms with van der Waals surface area (Å²) in [6.45, 7) is 3.91. The minimum absolute atomic E-state index is 0. The van der Waals surface area contributed by atoms with Gasteiger partial charge in [-0.15, -0.1) is 0 Å². The Bertz CT molecular complexity index is 832. The largest absolute Gasteiger partial charge is 0.475 e. The van der Waals surface area contributed by atoms with Crippen LogP contribution in [0.25, 0.3) is 12.2 Å². The molecule has 0 aliphatic rings. The maximum absolute atomic E-state index is 10.7. The van der Waals surface area contributed by atoms with Crippen LogP contribution in [-0.2, 0) is 36.0 Å². The van der Waals surface area contributed by atoms with E-state index in [9.17, 15) is 19.2 Å². The second-order valence-corrected chi connectivity index (χ2v) is 5.83. The fourth-order valence-electron chi connectivity index (χ4n) is 1.84. The number of carbonyl (C=O) groups is 4. The molecule has 0 bridgehead atoms. The summed E-state index contributed by atoms with van der Waals surface area (Å²) in [6, 6.07) is 14.9. The molecule has 1 radical (unpaired) electrons. The van der Waals surface area contributed by atoms with Gasteiger partial charge in [-0.05, 0) is 37.1 Å². The SMILES string of the molecule is Cc1ccc(C=CC(=O)C(=O)O)cc1.Cc1ccc(C=CC(=O)C(=O)O)cc1.[Co]. The first-order valence-corrected chi connectivity index (χ1v) is 8.23. The number of benzene rings is 2. The maximum atomic E-state index is 10.7. The fraction of sp³-hybridized carbons (Fsp3) is 0.0909. The van der Waals surface area contributed by atoms with Gasteiger partial charge in [0.2, 0.25) is 0 Å². The number of rotatable bonds is 6. The molecular weight excluding hydrogens is 419 g/mol. The molecule has 0 fully saturated rings. The van der Waals surface area contributed by atoms with E-state index in [2.05, 4.69) is 0 Å². The van der Waals surface area contributed by atoms with Crippen LogP contribution in [0.5, 0.6) is 0 Å². The van der Waals surface area contributed by atoms with Crippen molar-refractivity contribution in [2.75, 3.05) is 0 Å². The predicted octanol–water partition coefficient (Wildman–Crippen LogP) is 3.32. The van der Waals surface area contributed by atoms with Crippen molar-refractivity contribution in [1.29, 1.82) is 0 Å². The van der Waals surface area contributed by atoms with Gasteiger partial charge in [-0.3, -0.25) is 9.59 Å². The van der Waals surface area contributed by atoms with Crippen LogP contribution in [0.4, 0.5) is 0 Å². The Morgan fingerprint density at radius 2 is 0.897 bits per heavy atom. The Kier molecular flexibility index (Phi) is 11.5. The van der Waals surface area contributed by atoms with Crippen molar-refractivity contribution in [2.24, 2.45) is 0 Å². The van der Waals surface area contributed by atoms with E-state index in [1.807, 2.05) is 62.4 Å². The van der Waals surface area contributed by atoms with Crippen molar-refractivity contribution in [3.8, 4) is 0 Å². The summed E-state index contributed by atoms with van der Waals surface area (Å²) in [5.41, 5.74) is 3.86. The number of aryl methyl sites for hydroxylation is 2. The number of ketones is 2. The van der Waals surface area contributed by atoms with Gasteiger partial charge in [-0.2, -0.15) is 0 Å². The Morgan fingerprint density at radius 3 is 1.14 bits per heavy atom. The first-order chi connectivity index (χ1) is 13.2. The van der Waals surface area contributed by atoms with Gasteiger partial charge in [0, 0.05) is 16.8 Å². The van der Waals surface area contributed by atoms with Crippen LogP contribution in [-0.4, -0.2) is 33.7 Å². The van der Waals surface area contributed by atoms with Crippen molar-refractivity contribution in [1.82, 2.24) is 0 Å². The molecule has 29 heavy (non-hydrogen) atoms. The fourth-order valence-corrected chi connectivity index (χ4v) is 1.84. The molecular formula is C22H20CoO6. The molecule has 0 aromatic heterocycles. The number of aliphatic carboxylic acids is 2. The van der Waals surface area contributed by atoms with Crippen LogP contribution in [0.2, 0.25) is 0 Å². The average Bonchev–Trinajstić information content (AvgIpc) is 2.67. The van der Waals surface area contributed by atoms with Gasteiger partial charge in [0.25, 0.3) is 11.6 Å². The van der Waals surface area contributed by atoms with Gasteiger partial charge in [0.1, 0.15) is 0 Å². The van der Waals surface area contributed by atoms with E-state index in [1.165, 1.54) is 12.2 Å². The number of hydrogen-bond donors (Lipinski definition) is 2. The van der Waals surface area contributed by atoms with Gasteiger partial charge in [-0.25, -0.2) is 9.59 Å². The monoisotopic (exact) mass is 439 g/mol. The van der Waals surface area contributed by atoms with Gasteiger partial charge >= 0.3 is 11.9 Å². The molecule has 2 N–H and O–H groups in total. The number of carbonyl (C=O) groups excluding carboxylic acids is 2. The standard InChI is InChI=1S/2C11H10O3.Co/c2*1-8-2-4-9(5-3-8)6-7-10(12)11(13)14;/h2*2-7H,1H3,(H,13,14);. The zero-order valence-electron chi connectivity index (χ0n) is 15.8. The summed E-state index contributed by atoms with van der Waals surface area (Å²) < 4.78 is 0. The van der Waals surface area contributed by atoms with Gasteiger partial charge < -0.3 is 10.2 Å². The van der Waals surface area contributed by atoms with E-state index in [4.69, 9.17) is 10.2 Å². The van der Waals surface area contributed by atoms with Crippen molar-refractivity contribution >= 4 is 35.7 Å². The minimum atomic E-state index is -1.44. The second kappa shape index (κ2) is 13.0. The third kappa shape index (κ3) is 10.6. The normalized spacial score (nSPS) is 10.0. The van der Waals surface area contributed by atoms with Crippen molar-refractivity contribution < 1.29 is 46.2 Å². The molecule has 2 rings (SSSR count). The third-order valence-electron chi connectivity index (χ3n) is 3.43. The summed E-state index contributed by atoms with van der Waals surface area (Å²) in [5, 5.41) is 16.6. The molecule has 0 aliphatic carbocycles. The zero-order valence-corrected chi connectivity index (χ0v) is 16.8. The smallest absolute Gasteiger partial charge is 0.376 e. The minimum Gasteiger partial charge on any atom is -0.475 e. The summed E-state index contributed by atoms with van der Waals surface area (Å²) in [4.78, 5) is 41.7. The van der Waals surface area contributed by atoms with Crippen LogP contribution in [0, 0.1) is 13.8 Å². The molecule has 2 aromatic rings. The molecule has 0 spiro atoms. The van der Waals surface area contributed by atoms with E-state index < -0.39 is 23.5 Å². The van der Waals surface area contributed by atoms with Gasteiger partial charge in [0.05, 0.1) is 0 Å². The molecule has 0 aliphatic heterocycles. The molecule has 2 aromatic carbocycles. The first-order valence-electron chi connectivity index (χ1n) is 8.23. The maximum Gasteiger partial charge on any atom is 0.376 e. The van der Waals surface area contributed by atoms with Crippen LogP contribution in [0.3, 0.4) is 0 Å². The molecule has 0 saturated heterocycles. The van der Waals surface area contributed by atoms with E-state index in [0.29, 0.717) is 0 Å². The molecule has 0 atom stereocenters. The number of carboxylic acids is 2. The van der Waals surface area contributed by atoms with Gasteiger partial charge in [0.15, 0.2) is 0 Å². The summed E-state index contributed by atoms with van der Waals surface area (Å²) in [5.74, 6) is -4.70. The molecule has 0 amide bonds. The second-order valence-electron chi connectivity index (χ2n) is 5.83. The van der Waals surface area contributed by atoms with E-state index in [0.717, 1.165) is 34.4 Å². The van der Waals surface area contributed by atoms with Crippen molar-refractivity contribution in [3.63, 3.8) is 0 Å². The Balaban J connectivity index is 0.000000523. The van der Waals surface area contributed by atoms with Crippen LogP contribution in [0.15, 0.2) is 60.7 Å². The molecule has 0 heterocycles. The Hall–Kier alpha value is -3.29. The van der Waals surface area contributed by atoms with E-state index in [-0.39, 0.29) is 16.8 Å². The average molecular weight is 439 g/mol.